The fourth-order valence-corrected chi connectivity index (χ4v) is 2.66. The third kappa shape index (κ3) is 2.75. The lowest BCUT2D eigenvalue weighted by Crippen LogP contribution is -2.06. The maximum Gasteiger partial charge on any atom is 0.336 e. The van der Waals surface area contributed by atoms with Gasteiger partial charge in [-0.3, -0.25) is 0 Å². The molecule has 0 unspecified atom stereocenters. The summed E-state index contributed by atoms with van der Waals surface area (Å²) >= 11 is 0. The molecule has 112 valence electrons. The molecule has 2 aromatic carbocycles. The van der Waals surface area contributed by atoms with E-state index < -0.39 is 0 Å². The second-order valence-corrected chi connectivity index (χ2v) is 5.63. The molecule has 0 atom stereocenters. The molecule has 0 spiro atoms. The molecule has 3 rings (SSSR count). The zero-order valence-corrected chi connectivity index (χ0v) is 12.9. The number of benzene rings is 2. The molecule has 0 radical (unpaired) electrons. The highest BCUT2D eigenvalue weighted by molar-refractivity contribution is 5.96. The van der Waals surface area contributed by atoms with Crippen molar-refractivity contribution in [2.45, 2.75) is 26.9 Å². The van der Waals surface area contributed by atoms with Crippen LogP contribution in [-0.4, -0.2) is 6.10 Å². The maximum absolute atomic E-state index is 11.9. The van der Waals surface area contributed by atoms with E-state index in [-0.39, 0.29) is 11.7 Å². The fourth-order valence-electron chi connectivity index (χ4n) is 2.66. The predicted octanol–water partition coefficient (Wildman–Crippen LogP) is 4.56. The minimum atomic E-state index is -0.354. The lowest BCUT2D eigenvalue weighted by atomic mass is 9.98. The van der Waals surface area contributed by atoms with Gasteiger partial charge in [-0.05, 0) is 38.0 Å². The molecule has 0 bridgehead atoms. The van der Waals surface area contributed by atoms with Crippen LogP contribution in [0.1, 0.15) is 19.4 Å². The van der Waals surface area contributed by atoms with Crippen LogP contribution in [0.4, 0.5) is 0 Å². The summed E-state index contributed by atoms with van der Waals surface area (Å²) < 4.78 is 11.1. The van der Waals surface area contributed by atoms with Gasteiger partial charge in [0.25, 0.3) is 0 Å². The topological polar surface area (TPSA) is 39.4 Å². The first-order chi connectivity index (χ1) is 10.5. The molecule has 3 heteroatoms. The summed E-state index contributed by atoms with van der Waals surface area (Å²) in [6.07, 6.45) is 0.0703. The summed E-state index contributed by atoms with van der Waals surface area (Å²) in [6, 6.07) is 15.2. The summed E-state index contributed by atoms with van der Waals surface area (Å²) in [5.74, 6) is 0.716. The van der Waals surface area contributed by atoms with Gasteiger partial charge in [-0.25, -0.2) is 4.79 Å². The minimum Gasteiger partial charge on any atom is -0.491 e. The second kappa shape index (κ2) is 5.68. The molecule has 22 heavy (non-hydrogen) atoms. The van der Waals surface area contributed by atoms with E-state index in [1.807, 2.05) is 57.2 Å². The fraction of sp³-hybridized carbons (Fsp3) is 0.211. The molecule has 1 heterocycles. The number of aryl methyl sites for hydroxylation is 1. The average molecular weight is 294 g/mol. The standard InChI is InChI=1S/C19H18O3/c1-12(2)21-15-9-13(3)19-16(14-7-5-4-6-8-14)11-18(20)22-17(19)10-15/h4-12H,1-3H3. The van der Waals surface area contributed by atoms with Gasteiger partial charge in [-0.1, -0.05) is 30.3 Å². The molecule has 0 aliphatic carbocycles. The zero-order valence-electron chi connectivity index (χ0n) is 12.9. The number of fused-ring (bicyclic) bond motifs is 1. The SMILES string of the molecule is Cc1cc(OC(C)C)cc2oc(=O)cc(-c3ccccc3)c12. The zero-order chi connectivity index (χ0) is 15.7. The minimum absolute atomic E-state index is 0.0703. The van der Waals surface area contributed by atoms with Crippen LogP contribution in [0.5, 0.6) is 5.75 Å². The molecule has 0 amide bonds. The summed E-state index contributed by atoms with van der Waals surface area (Å²) in [7, 11) is 0. The van der Waals surface area contributed by atoms with Crippen LogP contribution in [0.15, 0.2) is 57.7 Å². The highest BCUT2D eigenvalue weighted by Gasteiger charge is 2.12. The number of hydrogen-bond donors (Lipinski definition) is 0. The Kier molecular flexibility index (Phi) is 3.72. The van der Waals surface area contributed by atoms with Crippen molar-refractivity contribution >= 4 is 11.0 Å². The molecule has 3 nitrogen and oxygen atoms in total. The quantitative estimate of drug-likeness (QED) is 0.665. The van der Waals surface area contributed by atoms with Gasteiger partial charge in [-0.2, -0.15) is 0 Å². The van der Waals surface area contributed by atoms with E-state index >= 15 is 0 Å². The molecule has 3 aromatic rings. The second-order valence-electron chi connectivity index (χ2n) is 5.63. The monoisotopic (exact) mass is 294 g/mol. The maximum atomic E-state index is 11.9. The van der Waals surface area contributed by atoms with Gasteiger partial charge in [0.2, 0.25) is 0 Å². The van der Waals surface area contributed by atoms with Crippen LogP contribution in [0.3, 0.4) is 0 Å². The van der Waals surface area contributed by atoms with Gasteiger partial charge in [0.1, 0.15) is 11.3 Å². The molecule has 0 aliphatic rings. The van der Waals surface area contributed by atoms with E-state index in [4.69, 9.17) is 9.15 Å². The van der Waals surface area contributed by atoms with Crippen molar-refractivity contribution in [2.24, 2.45) is 0 Å². The Bertz CT molecular complexity index is 861. The van der Waals surface area contributed by atoms with Crippen molar-refractivity contribution in [3.8, 4) is 16.9 Å². The largest absolute Gasteiger partial charge is 0.491 e. The summed E-state index contributed by atoms with van der Waals surface area (Å²) in [4.78, 5) is 11.9. The number of rotatable bonds is 3. The molecule has 0 fully saturated rings. The average Bonchev–Trinajstić information content (AvgIpc) is 2.46. The van der Waals surface area contributed by atoms with Crippen molar-refractivity contribution in [1.82, 2.24) is 0 Å². The molecule has 0 saturated heterocycles. The van der Waals surface area contributed by atoms with Gasteiger partial charge in [-0.15, -0.1) is 0 Å². The highest BCUT2D eigenvalue weighted by Crippen LogP contribution is 2.32. The first kappa shape index (κ1) is 14.4. The molecular weight excluding hydrogens is 276 g/mol. The Morgan fingerprint density at radius 1 is 1.05 bits per heavy atom. The van der Waals surface area contributed by atoms with Crippen molar-refractivity contribution in [2.75, 3.05) is 0 Å². The molecule has 1 aromatic heterocycles. The van der Waals surface area contributed by atoms with Crippen molar-refractivity contribution in [1.29, 1.82) is 0 Å². The van der Waals surface area contributed by atoms with Crippen molar-refractivity contribution in [3.05, 3.63) is 64.5 Å². The van der Waals surface area contributed by atoms with Crippen LogP contribution >= 0.6 is 0 Å². The van der Waals surface area contributed by atoms with Gasteiger partial charge in [0, 0.05) is 23.1 Å². The summed E-state index contributed by atoms with van der Waals surface area (Å²) in [5.41, 5.74) is 3.12. The van der Waals surface area contributed by atoms with Gasteiger partial charge in [0.15, 0.2) is 0 Å². The van der Waals surface area contributed by atoms with Crippen LogP contribution in [0.2, 0.25) is 0 Å². The summed E-state index contributed by atoms with van der Waals surface area (Å²) in [6.45, 7) is 5.94. The van der Waals surface area contributed by atoms with Gasteiger partial charge in [0.05, 0.1) is 6.10 Å². The van der Waals surface area contributed by atoms with Crippen LogP contribution < -0.4 is 10.4 Å². The molecule has 0 aliphatic heterocycles. The van der Waals surface area contributed by atoms with E-state index in [0.717, 1.165) is 22.1 Å². The Labute approximate surface area is 129 Å². The van der Waals surface area contributed by atoms with Crippen LogP contribution in [0.25, 0.3) is 22.1 Å². The molecule has 0 saturated carbocycles. The molecule has 0 N–H and O–H groups in total. The normalized spacial score (nSPS) is 11.1. The smallest absolute Gasteiger partial charge is 0.336 e. The third-order valence-corrected chi connectivity index (χ3v) is 3.47. The Morgan fingerprint density at radius 3 is 2.45 bits per heavy atom. The Hall–Kier alpha value is -2.55. The Morgan fingerprint density at radius 2 is 1.77 bits per heavy atom. The van der Waals surface area contributed by atoms with E-state index in [9.17, 15) is 4.79 Å². The van der Waals surface area contributed by atoms with Gasteiger partial charge >= 0.3 is 5.63 Å². The third-order valence-electron chi connectivity index (χ3n) is 3.47. The van der Waals surface area contributed by atoms with Crippen LogP contribution in [-0.2, 0) is 0 Å². The summed E-state index contributed by atoms with van der Waals surface area (Å²) in [5, 5.41) is 0.946. The lowest BCUT2D eigenvalue weighted by molar-refractivity contribution is 0.242. The van der Waals surface area contributed by atoms with E-state index in [0.29, 0.717) is 11.3 Å². The predicted molar refractivity (Wildman–Crippen MR) is 88.4 cm³/mol. The van der Waals surface area contributed by atoms with Crippen molar-refractivity contribution in [3.63, 3.8) is 0 Å². The van der Waals surface area contributed by atoms with Gasteiger partial charge < -0.3 is 9.15 Å². The van der Waals surface area contributed by atoms with E-state index in [2.05, 4.69) is 0 Å². The van der Waals surface area contributed by atoms with Crippen molar-refractivity contribution < 1.29 is 9.15 Å². The van der Waals surface area contributed by atoms with E-state index in [1.54, 1.807) is 12.1 Å². The lowest BCUT2D eigenvalue weighted by Gasteiger charge is -2.13. The first-order valence-electron chi connectivity index (χ1n) is 7.35. The molecular formula is C19H18O3. The number of ether oxygens (including phenoxy) is 1. The van der Waals surface area contributed by atoms with Crippen LogP contribution in [0, 0.1) is 6.92 Å². The first-order valence-corrected chi connectivity index (χ1v) is 7.35. The van der Waals surface area contributed by atoms with E-state index in [1.165, 1.54) is 0 Å². The Balaban J connectivity index is 2.28. The highest BCUT2D eigenvalue weighted by atomic mass is 16.5. The number of hydrogen-bond acceptors (Lipinski definition) is 3.